The van der Waals surface area contributed by atoms with Gasteiger partial charge in [0.15, 0.2) is 0 Å². The number of hydrogen-bond acceptors (Lipinski definition) is 2. The number of halogens is 5. The molecule has 2 rings (SSSR count). The predicted molar refractivity (Wildman–Crippen MR) is 66.8 cm³/mol. The molecule has 0 fully saturated rings. The number of hydrogen-bond donors (Lipinski definition) is 1. The van der Waals surface area contributed by atoms with Crippen molar-refractivity contribution in [1.82, 2.24) is 0 Å². The summed E-state index contributed by atoms with van der Waals surface area (Å²) in [5.41, 5.74) is 0.663. The first kappa shape index (κ1) is 15.1. The van der Waals surface area contributed by atoms with E-state index in [-0.39, 0.29) is 12.3 Å². The molecule has 0 aromatic heterocycles. The lowest BCUT2D eigenvalue weighted by Gasteiger charge is -2.11. The van der Waals surface area contributed by atoms with E-state index >= 15 is 0 Å². The molecule has 0 radical (unpaired) electrons. The van der Waals surface area contributed by atoms with E-state index in [9.17, 15) is 22.0 Å². The highest BCUT2D eigenvalue weighted by molar-refractivity contribution is 5.48. The molecule has 0 spiro atoms. The summed E-state index contributed by atoms with van der Waals surface area (Å²) >= 11 is 0. The molecule has 112 valence electrons. The molecule has 21 heavy (non-hydrogen) atoms. The zero-order valence-electron chi connectivity index (χ0n) is 10.5. The monoisotopic (exact) mass is 303 g/mol. The Labute approximate surface area is 117 Å². The molecule has 0 saturated carbocycles. The lowest BCUT2D eigenvalue weighted by atomic mass is 10.2. The average molecular weight is 303 g/mol. The van der Waals surface area contributed by atoms with Crippen LogP contribution >= 0.6 is 0 Å². The molecule has 0 unspecified atom stereocenters. The second-order valence-corrected chi connectivity index (χ2v) is 4.21. The fraction of sp³-hybridized carbons (Fsp3) is 0.143. The summed E-state index contributed by atoms with van der Waals surface area (Å²) in [5.74, 6) is -1.82. The van der Waals surface area contributed by atoms with E-state index in [4.69, 9.17) is 0 Å². The minimum absolute atomic E-state index is 0.0597. The lowest BCUT2D eigenvalue weighted by molar-refractivity contribution is -0.274. The molecule has 0 atom stereocenters. The van der Waals surface area contributed by atoms with Gasteiger partial charge in [0.05, 0.1) is 0 Å². The highest BCUT2D eigenvalue weighted by Gasteiger charge is 2.31. The van der Waals surface area contributed by atoms with Gasteiger partial charge in [-0.1, -0.05) is 6.07 Å². The summed E-state index contributed by atoms with van der Waals surface area (Å²) < 4.78 is 66.0. The number of alkyl halides is 3. The van der Waals surface area contributed by atoms with Gasteiger partial charge in [-0.05, 0) is 29.8 Å². The van der Waals surface area contributed by atoms with Crippen molar-refractivity contribution in [3.63, 3.8) is 0 Å². The first-order valence-electron chi connectivity index (χ1n) is 5.86. The van der Waals surface area contributed by atoms with E-state index < -0.39 is 18.0 Å². The topological polar surface area (TPSA) is 21.3 Å². The molecule has 0 amide bonds. The largest absolute Gasteiger partial charge is 0.573 e. The number of benzene rings is 2. The highest BCUT2D eigenvalue weighted by Crippen LogP contribution is 2.25. The number of anilines is 1. The molecule has 0 bridgehead atoms. The number of nitrogens with one attached hydrogen (secondary N) is 1. The normalized spacial score (nSPS) is 11.3. The van der Waals surface area contributed by atoms with Crippen LogP contribution in [0.5, 0.6) is 5.75 Å². The van der Waals surface area contributed by atoms with Crippen LogP contribution in [0.1, 0.15) is 5.56 Å². The predicted octanol–water partition coefficient (Wildman–Crippen LogP) is 4.48. The van der Waals surface area contributed by atoms with E-state index in [1.165, 1.54) is 12.1 Å². The Bertz CT molecular complexity index is 607. The molecule has 0 aliphatic rings. The Morgan fingerprint density at radius 3 is 2.24 bits per heavy atom. The van der Waals surface area contributed by atoms with Crippen molar-refractivity contribution in [2.24, 2.45) is 0 Å². The summed E-state index contributed by atoms with van der Waals surface area (Å²) in [6.07, 6.45) is -4.77. The van der Waals surface area contributed by atoms with Gasteiger partial charge in [-0.15, -0.1) is 13.2 Å². The second kappa shape index (κ2) is 5.99. The van der Waals surface area contributed by atoms with Crippen LogP contribution in [-0.4, -0.2) is 6.36 Å². The first-order valence-corrected chi connectivity index (χ1v) is 5.86. The fourth-order valence-corrected chi connectivity index (χ4v) is 1.72. The van der Waals surface area contributed by atoms with Gasteiger partial charge in [0.25, 0.3) is 0 Å². The minimum atomic E-state index is -4.77. The molecule has 2 aromatic rings. The Balaban J connectivity index is 2.04. The van der Waals surface area contributed by atoms with Crippen molar-refractivity contribution >= 4 is 5.69 Å². The van der Waals surface area contributed by atoms with Crippen LogP contribution in [0.2, 0.25) is 0 Å². The molecule has 0 aliphatic carbocycles. The Kier molecular flexibility index (Phi) is 4.30. The third kappa shape index (κ3) is 4.94. The quantitative estimate of drug-likeness (QED) is 0.841. The average Bonchev–Trinajstić information content (AvgIpc) is 2.33. The van der Waals surface area contributed by atoms with Gasteiger partial charge in [0.2, 0.25) is 0 Å². The van der Waals surface area contributed by atoms with Gasteiger partial charge < -0.3 is 10.1 Å². The molecule has 0 aliphatic heterocycles. The zero-order valence-corrected chi connectivity index (χ0v) is 10.5. The van der Waals surface area contributed by atoms with Crippen LogP contribution in [0.15, 0.2) is 42.5 Å². The second-order valence-electron chi connectivity index (χ2n) is 4.21. The third-order valence-corrected chi connectivity index (χ3v) is 2.49. The molecule has 0 heterocycles. The molecular weight excluding hydrogens is 293 g/mol. The molecule has 1 N–H and O–H groups in total. The maximum absolute atomic E-state index is 13.0. The maximum atomic E-state index is 13.0. The van der Waals surface area contributed by atoms with Crippen molar-refractivity contribution in [1.29, 1.82) is 0 Å². The van der Waals surface area contributed by atoms with Gasteiger partial charge in [0, 0.05) is 24.4 Å². The SMILES string of the molecule is Fc1cc(F)cc(CNc2cccc(OC(F)(F)F)c2)c1. The minimum Gasteiger partial charge on any atom is -0.406 e. The zero-order chi connectivity index (χ0) is 15.5. The third-order valence-electron chi connectivity index (χ3n) is 2.49. The highest BCUT2D eigenvalue weighted by atomic mass is 19.4. The molecule has 0 saturated heterocycles. The van der Waals surface area contributed by atoms with Crippen LogP contribution < -0.4 is 10.1 Å². The van der Waals surface area contributed by atoms with E-state index in [0.717, 1.165) is 30.3 Å². The van der Waals surface area contributed by atoms with Gasteiger partial charge >= 0.3 is 6.36 Å². The first-order chi connectivity index (χ1) is 9.82. The van der Waals surface area contributed by atoms with E-state index in [1.54, 1.807) is 0 Å². The molecule has 7 heteroatoms. The Hall–Kier alpha value is -2.31. The van der Waals surface area contributed by atoms with E-state index in [0.29, 0.717) is 11.3 Å². The lowest BCUT2D eigenvalue weighted by Crippen LogP contribution is -2.17. The summed E-state index contributed by atoms with van der Waals surface area (Å²) in [6, 6.07) is 8.18. The molecule has 2 nitrogen and oxygen atoms in total. The molecule has 2 aromatic carbocycles. The maximum Gasteiger partial charge on any atom is 0.573 e. The van der Waals surface area contributed by atoms with Crippen molar-refractivity contribution in [3.8, 4) is 5.75 Å². The smallest absolute Gasteiger partial charge is 0.406 e. The standard InChI is InChI=1S/C14H10F5NO/c15-10-4-9(5-11(16)6-10)8-20-12-2-1-3-13(7-12)21-14(17,18)19/h1-7,20H,8H2. The Morgan fingerprint density at radius 1 is 0.952 bits per heavy atom. The number of ether oxygens (including phenoxy) is 1. The van der Waals surface area contributed by atoms with Gasteiger partial charge in [-0.3, -0.25) is 0 Å². The van der Waals surface area contributed by atoms with Gasteiger partial charge in [-0.25, -0.2) is 8.78 Å². The van der Waals surface area contributed by atoms with Crippen molar-refractivity contribution < 1.29 is 26.7 Å². The van der Waals surface area contributed by atoms with Crippen LogP contribution in [0.4, 0.5) is 27.6 Å². The van der Waals surface area contributed by atoms with Crippen molar-refractivity contribution in [2.75, 3.05) is 5.32 Å². The fourth-order valence-electron chi connectivity index (χ4n) is 1.72. The van der Waals surface area contributed by atoms with E-state index in [2.05, 4.69) is 10.1 Å². The summed E-state index contributed by atoms with van der Waals surface area (Å²) in [7, 11) is 0. The van der Waals surface area contributed by atoms with Crippen LogP contribution in [0, 0.1) is 11.6 Å². The summed E-state index contributed by atoms with van der Waals surface area (Å²) in [4.78, 5) is 0. The Morgan fingerprint density at radius 2 is 1.62 bits per heavy atom. The van der Waals surface area contributed by atoms with Crippen LogP contribution in [0.25, 0.3) is 0 Å². The van der Waals surface area contributed by atoms with E-state index in [1.807, 2.05) is 0 Å². The van der Waals surface area contributed by atoms with Crippen molar-refractivity contribution in [3.05, 3.63) is 59.7 Å². The molecular formula is C14H10F5NO. The van der Waals surface area contributed by atoms with Crippen LogP contribution in [-0.2, 0) is 6.54 Å². The summed E-state index contributed by atoms with van der Waals surface area (Å²) in [6.45, 7) is 0.0597. The summed E-state index contributed by atoms with van der Waals surface area (Å²) in [5, 5.41) is 2.76. The van der Waals surface area contributed by atoms with Gasteiger partial charge in [0.1, 0.15) is 17.4 Å². The van der Waals surface area contributed by atoms with Crippen molar-refractivity contribution in [2.45, 2.75) is 12.9 Å². The number of rotatable bonds is 4. The van der Waals surface area contributed by atoms with Gasteiger partial charge in [-0.2, -0.15) is 0 Å². The van der Waals surface area contributed by atoms with Crippen LogP contribution in [0.3, 0.4) is 0 Å².